The van der Waals surface area contributed by atoms with Gasteiger partial charge in [-0.1, -0.05) is 24.3 Å². The molecular weight excluding hydrogens is 461 g/mol. The van der Waals surface area contributed by atoms with Gasteiger partial charge in [0.1, 0.15) is 11.9 Å². The number of benzene rings is 3. The number of alkyl halides is 3. The number of carbonyl (C=O) groups is 2. The van der Waals surface area contributed by atoms with Gasteiger partial charge < -0.3 is 20.1 Å². The van der Waals surface area contributed by atoms with Crippen LogP contribution < -0.4 is 15.4 Å². The van der Waals surface area contributed by atoms with Crippen molar-refractivity contribution in [1.29, 1.82) is 0 Å². The summed E-state index contributed by atoms with van der Waals surface area (Å²) in [5.41, 5.74) is -0.785. The number of methoxy groups -OCH3 is 1. The highest BCUT2D eigenvalue weighted by Gasteiger charge is 2.35. The fourth-order valence-electron chi connectivity index (χ4n) is 4.00. The third kappa shape index (κ3) is 5.57. The van der Waals surface area contributed by atoms with Crippen molar-refractivity contribution in [3.05, 3.63) is 65.7 Å². The molecule has 184 valence electrons. The van der Waals surface area contributed by atoms with Gasteiger partial charge in [-0.05, 0) is 66.4 Å². The van der Waals surface area contributed by atoms with Crippen molar-refractivity contribution in [2.75, 3.05) is 24.4 Å². The second kappa shape index (κ2) is 9.95. The minimum atomic E-state index is -4.74. The summed E-state index contributed by atoms with van der Waals surface area (Å²) in [6, 6.07) is 14.2. The van der Waals surface area contributed by atoms with Gasteiger partial charge in [-0.3, -0.25) is 9.59 Å². The van der Waals surface area contributed by atoms with E-state index in [1.165, 1.54) is 6.07 Å². The zero-order valence-electron chi connectivity index (χ0n) is 19.2. The molecule has 1 saturated heterocycles. The minimum Gasteiger partial charge on any atom is -0.497 e. The number of rotatable bonds is 6. The van der Waals surface area contributed by atoms with Gasteiger partial charge in [-0.15, -0.1) is 0 Å². The maximum absolute atomic E-state index is 13.8. The Labute approximate surface area is 200 Å². The van der Waals surface area contributed by atoms with Gasteiger partial charge in [0.05, 0.1) is 24.3 Å². The Hall–Kier alpha value is -3.59. The van der Waals surface area contributed by atoms with Crippen LogP contribution in [0.2, 0.25) is 0 Å². The SMILES string of the molecule is COc1ccc2cc([C@H](C)C(=O)Nc3ccc(NC(=O)C4CCCO4)cc3C(F)(F)F)ccc2c1. The maximum atomic E-state index is 13.8. The normalized spacial score (nSPS) is 16.7. The average Bonchev–Trinajstić information content (AvgIpc) is 3.38. The minimum absolute atomic E-state index is 0.0196. The number of hydrogen-bond acceptors (Lipinski definition) is 4. The second-order valence-electron chi connectivity index (χ2n) is 8.43. The second-order valence-corrected chi connectivity index (χ2v) is 8.43. The number of ether oxygens (including phenoxy) is 2. The molecule has 2 atom stereocenters. The van der Waals surface area contributed by atoms with Crippen molar-refractivity contribution in [3.63, 3.8) is 0 Å². The fourth-order valence-corrected chi connectivity index (χ4v) is 4.00. The third-order valence-electron chi connectivity index (χ3n) is 6.04. The van der Waals surface area contributed by atoms with Gasteiger partial charge in [-0.25, -0.2) is 0 Å². The standard InChI is InChI=1S/C26H25F3N2O4/c1-15(16-5-6-18-13-20(34-2)9-7-17(18)12-16)24(32)31-22-10-8-19(14-21(22)26(27,28)29)30-25(33)23-4-3-11-35-23/h5-10,12-15,23H,3-4,11H2,1-2H3,(H,30,33)(H,31,32)/t15-,23?/m0/s1. The number of hydrogen-bond donors (Lipinski definition) is 2. The largest absolute Gasteiger partial charge is 0.497 e. The molecule has 2 N–H and O–H groups in total. The summed E-state index contributed by atoms with van der Waals surface area (Å²) in [5.74, 6) is -1.08. The number of anilines is 2. The van der Waals surface area contributed by atoms with E-state index in [0.29, 0.717) is 24.3 Å². The molecule has 3 aromatic carbocycles. The molecule has 0 spiro atoms. The van der Waals surface area contributed by atoms with E-state index < -0.39 is 35.6 Å². The lowest BCUT2D eigenvalue weighted by Crippen LogP contribution is -2.27. The lowest BCUT2D eigenvalue weighted by Gasteiger charge is -2.19. The zero-order valence-corrected chi connectivity index (χ0v) is 19.2. The fraction of sp³-hybridized carbons (Fsp3) is 0.308. The van der Waals surface area contributed by atoms with Crippen LogP contribution >= 0.6 is 0 Å². The predicted molar refractivity (Wildman–Crippen MR) is 127 cm³/mol. The summed E-state index contributed by atoms with van der Waals surface area (Å²) in [6.45, 7) is 2.07. The molecule has 1 aliphatic heterocycles. The van der Waals surface area contributed by atoms with E-state index in [-0.39, 0.29) is 11.4 Å². The molecule has 0 bridgehead atoms. The summed E-state index contributed by atoms with van der Waals surface area (Å²) in [7, 11) is 1.57. The Morgan fingerprint density at radius 2 is 1.77 bits per heavy atom. The van der Waals surface area contributed by atoms with Crippen LogP contribution in [0.1, 0.15) is 36.8 Å². The van der Waals surface area contributed by atoms with Crippen LogP contribution in [0.25, 0.3) is 10.8 Å². The van der Waals surface area contributed by atoms with Crippen molar-refractivity contribution in [2.24, 2.45) is 0 Å². The van der Waals surface area contributed by atoms with Crippen molar-refractivity contribution in [3.8, 4) is 5.75 Å². The van der Waals surface area contributed by atoms with Gasteiger partial charge in [0.25, 0.3) is 5.91 Å². The molecule has 0 aliphatic carbocycles. The first-order valence-corrected chi connectivity index (χ1v) is 11.2. The summed E-state index contributed by atoms with van der Waals surface area (Å²) < 4.78 is 51.8. The molecule has 1 aliphatic rings. The quantitative estimate of drug-likeness (QED) is 0.467. The summed E-state index contributed by atoms with van der Waals surface area (Å²) in [4.78, 5) is 25.1. The molecule has 0 saturated carbocycles. The number of carbonyl (C=O) groups excluding carboxylic acids is 2. The van der Waals surface area contributed by atoms with E-state index in [2.05, 4.69) is 10.6 Å². The van der Waals surface area contributed by atoms with E-state index in [1.807, 2.05) is 24.3 Å². The Morgan fingerprint density at radius 1 is 1.03 bits per heavy atom. The van der Waals surface area contributed by atoms with E-state index >= 15 is 0 Å². The molecule has 6 nitrogen and oxygen atoms in total. The van der Waals surface area contributed by atoms with Crippen LogP contribution in [0.3, 0.4) is 0 Å². The van der Waals surface area contributed by atoms with Gasteiger partial charge in [0, 0.05) is 12.3 Å². The highest BCUT2D eigenvalue weighted by atomic mass is 19.4. The Bertz CT molecular complexity index is 1250. The van der Waals surface area contributed by atoms with Crippen molar-refractivity contribution in [1.82, 2.24) is 0 Å². The van der Waals surface area contributed by atoms with Gasteiger partial charge >= 0.3 is 6.18 Å². The van der Waals surface area contributed by atoms with Crippen LogP contribution in [0.15, 0.2) is 54.6 Å². The number of nitrogens with one attached hydrogen (secondary N) is 2. The lowest BCUT2D eigenvalue weighted by atomic mass is 9.96. The summed E-state index contributed by atoms with van der Waals surface area (Å²) in [5, 5.41) is 6.66. The number of halogens is 3. The van der Waals surface area contributed by atoms with E-state index in [0.717, 1.165) is 29.3 Å². The molecule has 3 aromatic rings. The topological polar surface area (TPSA) is 76.7 Å². The predicted octanol–water partition coefficient (Wildman–Crippen LogP) is 5.73. The van der Waals surface area contributed by atoms with Gasteiger partial charge in [0.15, 0.2) is 0 Å². The van der Waals surface area contributed by atoms with Crippen LogP contribution in [0.4, 0.5) is 24.5 Å². The first kappa shape index (κ1) is 24.5. The number of fused-ring (bicyclic) bond motifs is 1. The Morgan fingerprint density at radius 3 is 2.46 bits per heavy atom. The molecule has 35 heavy (non-hydrogen) atoms. The van der Waals surface area contributed by atoms with Crippen molar-refractivity contribution >= 4 is 34.0 Å². The Kier molecular flexibility index (Phi) is 6.98. The average molecular weight is 486 g/mol. The van der Waals surface area contributed by atoms with Crippen molar-refractivity contribution in [2.45, 2.75) is 38.0 Å². The third-order valence-corrected chi connectivity index (χ3v) is 6.04. The van der Waals surface area contributed by atoms with Gasteiger partial charge in [-0.2, -0.15) is 13.2 Å². The monoisotopic (exact) mass is 486 g/mol. The molecular formula is C26H25F3N2O4. The van der Waals surface area contributed by atoms with Crippen LogP contribution in [-0.2, 0) is 20.5 Å². The highest BCUT2D eigenvalue weighted by Crippen LogP contribution is 2.37. The lowest BCUT2D eigenvalue weighted by molar-refractivity contribution is -0.137. The molecule has 0 aromatic heterocycles. The summed E-state index contributed by atoms with van der Waals surface area (Å²) in [6.07, 6.45) is -4.17. The Balaban J connectivity index is 1.53. The van der Waals surface area contributed by atoms with E-state index in [4.69, 9.17) is 9.47 Å². The van der Waals surface area contributed by atoms with E-state index in [1.54, 1.807) is 26.2 Å². The van der Waals surface area contributed by atoms with Gasteiger partial charge in [0.2, 0.25) is 5.91 Å². The smallest absolute Gasteiger partial charge is 0.418 e. The molecule has 0 radical (unpaired) electrons. The molecule has 9 heteroatoms. The number of amides is 2. The first-order chi connectivity index (χ1) is 16.7. The zero-order chi connectivity index (χ0) is 25.2. The summed E-state index contributed by atoms with van der Waals surface area (Å²) >= 11 is 0. The van der Waals surface area contributed by atoms with E-state index in [9.17, 15) is 22.8 Å². The van der Waals surface area contributed by atoms with Crippen LogP contribution in [0, 0.1) is 0 Å². The molecule has 1 heterocycles. The highest BCUT2D eigenvalue weighted by molar-refractivity contribution is 5.98. The van der Waals surface area contributed by atoms with Crippen molar-refractivity contribution < 1.29 is 32.2 Å². The molecule has 1 unspecified atom stereocenters. The molecule has 2 amide bonds. The molecule has 4 rings (SSSR count). The van der Waals surface area contributed by atoms with Crippen LogP contribution in [-0.4, -0.2) is 31.6 Å². The maximum Gasteiger partial charge on any atom is 0.418 e. The molecule has 1 fully saturated rings. The first-order valence-electron chi connectivity index (χ1n) is 11.2. The van der Waals surface area contributed by atoms with Crippen LogP contribution in [0.5, 0.6) is 5.75 Å².